The fraction of sp³-hybridized carbons (Fsp3) is 0.538. The van der Waals surface area contributed by atoms with Crippen LogP contribution in [0.1, 0.15) is 37.9 Å². The van der Waals surface area contributed by atoms with E-state index < -0.39 is 6.10 Å². The minimum absolute atomic E-state index is 0.419. The zero-order chi connectivity index (χ0) is 10.7. The maximum atomic E-state index is 9.43. The molecule has 2 rings (SSSR count). The lowest BCUT2D eigenvalue weighted by atomic mass is 9.86. The summed E-state index contributed by atoms with van der Waals surface area (Å²) < 4.78 is 5.69. The highest BCUT2D eigenvalue weighted by Crippen LogP contribution is 2.27. The first-order chi connectivity index (χ1) is 7.25. The van der Waals surface area contributed by atoms with Crippen LogP contribution in [0.4, 0.5) is 0 Å². The summed E-state index contributed by atoms with van der Waals surface area (Å²) in [6.07, 6.45) is 3.53. The highest BCUT2D eigenvalue weighted by molar-refractivity contribution is 5.29. The van der Waals surface area contributed by atoms with Crippen molar-refractivity contribution in [1.29, 1.82) is 0 Å². The number of benzene rings is 1. The van der Waals surface area contributed by atoms with E-state index in [0.717, 1.165) is 23.8 Å². The molecule has 2 nitrogen and oxygen atoms in total. The van der Waals surface area contributed by atoms with E-state index in [9.17, 15) is 5.11 Å². The molecule has 1 N–H and O–H groups in total. The van der Waals surface area contributed by atoms with E-state index >= 15 is 0 Å². The van der Waals surface area contributed by atoms with Gasteiger partial charge in [0, 0.05) is 0 Å². The van der Waals surface area contributed by atoms with E-state index in [1.165, 1.54) is 19.3 Å². The molecule has 1 unspecified atom stereocenters. The number of hydrogen-bond acceptors (Lipinski definition) is 2. The summed E-state index contributed by atoms with van der Waals surface area (Å²) in [7, 11) is 0. The summed E-state index contributed by atoms with van der Waals surface area (Å²) in [5, 5.41) is 9.43. The quantitative estimate of drug-likeness (QED) is 0.820. The summed E-state index contributed by atoms with van der Waals surface area (Å²) >= 11 is 0. The van der Waals surface area contributed by atoms with Gasteiger partial charge in [0.1, 0.15) is 5.75 Å². The molecule has 1 aromatic rings. The van der Waals surface area contributed by atoms with Crippen LogP contribution >= 0.6 is 0 Å². The molecule has 1 saturated carbocycles. The van der Waals surface area contributed by atoms with Crippen LogP contribution in [-0.2, 0) is 0 Å². The fourth-order valence-electron chi connectivity index (χ4n) is 1.74. The molecular formula is C13H18O2. The van der Waals surface area contributed by atoms with Gasteiger partial charge in [-0.1, -0.05) is 18.6 Å². The molecule has 0 spiro atoms. The molecule has 1 aliphatic carbocycles. The molecule has 1 atom stereocenters. The first-order valence-corrected chi connectivity index (χ1v) is 5.66. The Morgan fingerprint density at radius 3 is 2.87 bits per heavy atom. The van der Waals surface area contributed by atoms with Crippen molar-refractivity contribution in [1.82, 2.24) is 0 Å². The molecular weight excluding hydrogens is 188 g/mol. The minimum Gasteiger partial charge on any atom is -0.493 e. The second kappa shape index (κ2) is 4.67. The molecule has 0 amide bonds. The number of aliphatic hydroxyl groups is 1. The molecule has 2 heteroatoms. The van der Waals surface area contributed by atoms with Gasteiger partial charge in [0.25, 0.3) is 0 Å². The third-order valence-corrected chi connectivity index (χ3v) is 3.05. The van der Waals surface area contributed by atoms with Crippen LogP contribution in [0.5, 0.6) is 5.75 Å². The highest BCUT2D eigenvalue weighted by atomic mass is 16.5. The Labute approximate surface area is 90.9 Å². The number of rotatable bonds is 4. The summed E-state index contributed by atoms with van der Waals surface area (Å²) in [6.45, 7) is 2.59. The third-order valence-electron chi connectivity index (χ3n) is 3.05. The summed E-state index contributed by atoms with van der Waals surface area (Å²) in [4.78, 5) is 0. The maximum absolute atomic E-state index is 9.43. The first-order valence-electron chi connectivity index (χ1n) is 5.66. The number of ether oxygens (including phenoxy) is 1. The molecule has 15 heavy (non-hydrogen) atoms. The number of hydrogen-bond donors (Lipinski definition) is 1. The summed E-state index contributed by atoms with van der Waals surface area (Å²) in [5.41, 5.74) is 0.918. The summed E-state index contributed by atoms with van der Waals surface area (Å²) in [5.74, 6) is 1.63. The van der Waals surface area contributed by atoms with Gasteiger partial charge in [-0.3, -0.25) is 0 Å². The zero-order valence-electron chi connectivity index (χ0n) is 9.15. The standard InChI is InChI=1S/C13H18O2/c1-10(14)12-6-3-7-13(8-12)15-9-11-4-2-5-11/h3,6-8,10-11,14H,2,4-5,9H2,1H3. The lowest BCUT2D eigenvalue weighted by molar-refractivity contribution is 0.178. The van der Waals surface area contributed by atoms with Crippen molar-refractivity contribution < 1.29 is 9.84 Å². The van der Waals surface area contributed by atoms with Crippen molar-refractivity contribution in [2.45, 2.75) is 32.3 Å². The number of aliphatic hydroxyl groups excluding tert-OH is 1. The van der Waals surface area contributed by atoms with Crippen molar-refractivity contribution in [3.63, 3.8) is 0 Å². The van der Waals surface area contributed by atoms with Gasteiger partial charge in [-0.05, 0) is 43.4 Å². The zero-order valence-corrected chi connectivity index (χ0v) is 9.15. The topological polar surface area (TPSA) is 29.5 Å². The Bertz CT molecular complexity index is 316. The summed E-state index contributed by atoms with van der Waals surface area (Å²) in [6, 6.07) is 7.72. The highest BCUT2D eigenvalue weighted by Gasteiger charge is 2.17. The van der Waals surface area contributed by atoms with Crippen LogP contribution in [0.3, 0.4) is 0 Å². The van der Waals surface area contributed by atoms with Crippen LogP contribution in [0, 0.1) is 5.92 Å². The van der Waals surface area contributed by atoms with Gasteiger partial charge in [0.05, 0.1) is 12.7 Å². The van der Waals surface area contributed by atoms with Crippen molar-refractivity contribution >= 4 is 0 Å². The normalized spacial score (nSPS) is 18.3. The smallest absolute Gasteiger partial charge is 0.119 e. The van der Waals surface area contributed by atoms with Crippen molar-refractivity contribution in [2.24, 2.45) is 5.92 Å². The van der Waals surface area contributed by atoms with Crippen molar-refractivity contribution in [3.8, 4) is 5.75 Å². The van der Waals surface area contributed by atoms with Crippen LogP contribution < -0.4 is 4.74 Å². The Balaban J connectivity index is 1.92. The molecule has 0 bridgehead atoms. The van der Waals surface area contributed by atoms with Crippen LogP contribution in [0.25, 0.3) is 0 Å². The average molecular weight is 206 g/mol. The van der Waals surface area contributed by atoms with Gasteiger partial charge < -0.3 is 9.84 Å². The third kappa shape index (κ3) is 2.72. The predicted molar refractivity (Wildman–Crippen MR) is 59.9 cm³/mol. The molecule has 0 aliphatic heterocycles. The lowest BCUT2D eigenvalue weighted by Crippen LogP contribution is -2.19. The van der Waals surface area contributed by atoms with Crippen molar-refractivity contribution in [3.05, 3.63) is 29.8 Å². The Kier molecular flexibility index (Phi) is 3.27. The van der Waals surface area contributed by atoms with Crippen LogP contribution in [0.15, 0.2) is 24.3 Å². The maximum Gasteiger partial charge on any atom is 0.119 e. The van der Waals surface area contributed by atoms with E-state index in [1.807, 2.05) is 24.3 Å². The molecule has 0 heterocycles. The van der Waals surface area contributed by atoms with E-state index in [0.29, 0.717) is 0 Å². The second-order valence-corrected chi connectivity index (χ2v) is 4.36. The monoisotopic (exact) mass is 206 g/mol. The average Bonchev–Trinajstić information content (AvgIpc) is 2.16. The van der Waals surface area contributed by atoms with Gasteiger partial charge >= 0.3 is 0 Å². The van der Waals surface area contributed by atoms with Gasteiger partial charge in [0.2, 0.25) is 0 Å². The Hall–Kier alpha value is -1.02. The van der Waals surface area contributed by atoms with Gasteiger partial charge in [-0.2, -0.15) is 0 Å². The molecule has 1 aliphatic rings. The Morgan fingerprint density at radius 2 is 2.27 bits per heavy atom. The second-order valence-electron chi connectivity index (χ2n) is 4.36. The van der Waals surface area contributed by atoms with Gasteiger partial charge in [-0.15, -0.1) is 0 Å². The van der Waals surface area contributed by atoms with E-state index in [1.54, 1.807) is 6.92 Å². The SMILES string of the molecule is CC(O)c1cccc(OCC2CCC2)c1. The minimum atomic E-state index is -0.419. The first kappa shape index (κ1) is 10.5. The molecule has 0 radical (unpaired) electrons. The predicted octanol–water partition coefficient (Wildman–Crippen LogP) is 2.92. The van der Waals surface area contributed by atoms with Crippen molar-refractivity contribution in [2.75, 3.05) is 6.61 Å². The van der Waals surface area contributed by atoms with Crippen LogP contribution in [0.2, 0.25) is 0 Å². The molecule has 82 valence electrons. The van der Waals surface area contributed by atoms with E-state index in [2.05, 4.69) is 0 Å². The fourth-order valence-corrected chi connectivity index (χ4v) is 1.74. The van der Waals surface area contributed by atoms with E-state index in [-0.39, 0.29) is 0 Å². The molecule has 0 saturated heterocycles. The lowest BCUT2D eigenvalue weighted by Gasteiger charge is -2.25. The van der Waals surface area contributed by atoms with Gasteiger partial charge in [-0.25, -0.2) is 0 Å². The molecule has 0 aromatic heterocycles. The molecule has 1 fully saturated rings. The molecule has 1 aromatic carbocycles. The Morgan fingerprint density at radius 1 is 1.47 bits per heavy atom. The van der Waals surface area contributed by atoms with E-state index in [4.69, 9.17) is 4.74 Å². The van der Waals surface area contributed by atoms with Gasteiger partial charge in [0.15, 0.2) is 0 Å². The van der Waals surface area contributed by atoms with Crippen LogP contribution in [-0.4, -0.2) is 11.7 Å². The largest absolute Gasteiger partial charge is 0.493 e.